The third kappa shape index (κ3) is 2.92. The lowest BCUT2D eigenvalue weighted by atomic mass is 10.0. The minimum absolute atomic E-state index is 0.208. The Labute approximate surface area is 106 Å². The first-order valence-corrected chi connectivity index (χ1v) is 5.92. The molecule has 5 nitrogen and oxygen atoms in total. The van der Waals surface area contributed by atoms with Gasteiger partial charge in [0.2, 0.25) is 0 Å². The zero-order valence-electron chi connectivity index (χ0n) is 10.3. The highest BCUT2D eigenvalue weighted by Gasteiger charge is 2.15. The fourth-order valence-corrected chi connectivity index (χ4v) is 1.83. The summed E-state index contributed by atoms with van der Waals surface area (Å²) in [6, 6.07) is 5.41. The summed E-state index contributed by atoms with van der Waals surface area (Å²) in [4.78, 5) is 11.1. The van der Waals surface area contributed by atoms with E-state index >= 15 is 0 Å². The Morgan fingerprint density at radius 3 is 2.83 bits per heavy atom. The highest BCUT2D eigenvalue weighted by Crippen LogP contribution is 2.32. The summed E-state index contributed by atoms with van der Waals surface area (Å²) in [5.41, 5.74) is 6.96. The normalized spacial score (nSPS) is 15.0. The number of ether oxygens (including phenoxy) is 3. The predicted molar refractivity (Wildman–Crippen MR) is 65.6 cm³/mol. The fraction of sp³-hybridized carbons (Fsp3) is 0.462. The molecule has 1 atom stereocenters. The smallest absolute Gasteiger partial charge is 0.305 e. The van der Waals surface area contributed by atoms with Crippen LogP contribution in [0.4, 0.5) is 0 Å². The number of carbonyl (C=O) groups is 1. The van der Waals surface area contributed by atoms with Crippen molar-refractivity contribution in [1.29, 1.82) is 0 Å². The Morgan fingerprint density at radius 2 is 2.11 bits per heavy atom. The molecule has 1 aliphatic rings. The van der Waals surface area contributed by atoms with Crippen molar-refractivity contribution in [2.45, 2.75) is 18.9 Å². The van der Waals surface area contributed by atoms with Gasteiger partial charge in [-0.1, -0.05) is 6.07 Å². The zero-order valence-corrected chi connectivity index (χ0v) is 10.3. The molecule has 1 aliphatic heterocycles. The van der Waals surface area contributed by atoms with Crippen LogP contribution in [0.3, 0.4) is 0 Å². The molecule has 0 saturated heterocycles. The maximum absolute atomic E-state index is 11.1. The van der Waals surface area contributed by atoms with Gasteiger partial charge >= 0.3 is 5.97 Å². The Hall–Kier alpha value is -1.75. The molecule has 98 valence electrons. The van der Waals surface area contributed by atoms with Gasteiger partial charge in [0.15, 0.2) is 11.5 Å². The largest absolute Gasteiger partial charge is 0.486 e. The van der Waals surface area contributed by atoms with Crippen molar-refractivity contribution in [2.75, 3.05) is 20.3 Å². The van der Waals surface area contributed by atoms with Gasteiger partial charge in [-0.05, 0) is 24.1 Å². The van der Waals surface area contributed by atoms with Crippen LogP contribution in [0.1, 0.15) is 24.4 Å². The molecule has 1 heterocycles. The maximum Gasteiger partial charge on any atom is 0.305 e. The molecular formula is C13H17NO4. The van der Waals surface area contributed by atoms with Crippen molar-refractivity contribution in [2.24, 2.45) is 5.73 Å². The summed E-state index contributed by atoms with van der Waals surface area (Å²) in [6.07, 6.45) is 0.860. The van der Waals surface area contributed by atoms with Crippen LogP contribution >= 0.6 is 0 Å². The van der Waals surface area contributed by atoms with Crippen LogP contribution in [-0.4, -0.2) is 26.3 Å². The van der Waals surface area contributed by atoms with E-state index in [-0.39, 0.29) is 12.0 Å². The molecule has 0 bridgehead atoms. The fourth-order valence-electron chi connectivity index (χ4n) is 1.83. The standard InChI is InChI=1S/C13H17NO4/c1-16-13(15)5-3-10(14)9-2-4-11-12(8-9)18-7-6-17-11/h2,4,8,10H,3,5-7,14H2,1H3. The number of fused-ring (bicyclic) bond motifs is 1. The summed E-state index contributed by atoms with van der Waals surface area (Å²) in [7, 11) is 1.37. The number of esters is 1. The van der Waals surface area contributed by atoms with Crippen molar-refractivity contribution in [3.63, 3.8) is 0 Å². The summed E-state index contributed by atoms with van der Waals surface area (Å²) in [6.45, 7) is 1.12. The average molecular weight is 251 g/mol. The molecule has 0 radical (unpaired) electrons. The highest BCUT2D eigenvalue weighted by atomic mass is 16.6. The van der Waals surface area contributed by atoms with Gasteiger partial charge in [0.25, 0.3) is 0 Å². The van der Waals surface area contributed by atoms with Gasteiger partial charge in [-0.2, -0.15) is 0 Å². The number of methoxy groups -OCH3 is 1. The first kappa shape index (κ1) is 12.7. The number of rotatable bonds is 4. The third-order valence-corrected chi connectivity index (χ3v) is 2.88. The molecule has 2 rings (SSSR count). The molecule has 18 heavy (non-hydrogen) atoms. The van der Waals surface area contributed by atoms with E-state index in [9.17, 15) is 4.79 Å². The molecule has 1 aromatic carbocycles. The Kier molecular flexibility index (Phi) is 4.04. The molecule has 2 N–H and O–H groups in total. The van der Waals surface area contributed by atoms with Crippen molar-refractivity contribution >= 4 is 5.97 Å². The third-order valence-electron chi connectivity index (χ3n) is 2.88. The first-order chi connectivity index (χ1) is 8.70. The number of carbonyl (C=O) groups excluding carboxylic acids is 1. The molecule has 0 saturated carbocycles. The summed E-state index contributed by atoms with van der Waals surface area (Å²) in [5, 5.41) is 0. The molecule has 1 unspecified atom stereocenters. The van der Waals surface area contributed by atoms with Crippen LogP contribution in [0.2, 0.25) is 0 Å². The molecule has 0 amide bonds. The zero-order chi connectivity index (χ0) is 13.0. The minimum atomic E-state index is -0.247. The van der Waals surface area contributed by atoms with Gasteiger partial charge in [-0.3, -0.25) is 4.79 Å². The van der Waals surface area contributed by atoms with Crippen molar-refractivity contribution in [3.8, 4) is 11.5 Å². The minimum Gasteiger partial charge on any atom is -0.486 e. The van der Waals surface area contributed by atoms with E-state index in [0.717, 1.165) is 11.3 Å². The van der Waals surface area contributed by atoms with Crippen LogP contribution < -0.4 is 15.2 Å². The maximum atomic E-state index is 11.1. The molecule has 1 aromatic rings. The van der Waals surface area contributed by atoms with Crippen molar-refractivity contribution < 1.29 is 19.0 Å². The predicted octanol–water partition coefficient (Wildman–Crippen LogP) is 1.41. The molecule has 5 heteroatoms. The summed E-state index contributed by atoms with van der Waals surface area (Å²) < 4.78 is 15.5. The first-order valence-electron chi connectivity index (χ1n) is 5.92. The van der Waals surface area contributed by atoms with E-state index in [1.54, 1.807) is 0 Å². The Balaban J connectivity index is 2.01. The van der Waals surface area contributed by atoms with Crippen molar-refractivity contribution in [1.82, 2.24) is 0 Å². The van der Waals surface area contributed by atoms with Crippen molar-refractivity contribution in [3.05, 3.63) is 23.8 Å². The number of hydrogen-bond donors (Lipinski definition) is 1. The van der Waals surface area contributed by atoms with Gasteiger partial charge in [0.05, 0.1) is 7.11 Å². The van der Waals surface area contributed by atoms with Gasteiger partial charge in [-0.25, -0.2) is 0 Å². The summed E-state index contributed by atoms with van der Waals surface area (Å²) in [5.74, 6) is 1.21. The van der Waals surface area contributed by atoms with E-state index < -0.39 is 0 Å². The molecule has 0 spiro atoms. The molecule has 0 aromatic heterocycles. The highest BCUT2D eigenvalue weighted by molar-refractivity contribution is 5.69. The quantitative estimate of drug-likeness (QED) is 0.819. The number of benzene rings is 1. The lowest BCUT2D eigenvalue weighted by molar-refractivity contribution is -0.140. The van der Waals surface area contributed by atoms with Gasteiger partial charge in [0, 0.05) is 12.5 Å². The Bertz CT molecular complexity index is 433. The lowest BCUT2D eigenvalue weighted by Gasteiger charge is -2.20. The lowest BCUT2D eigenvalue weighted by Crippen LogP contribution is -2.17. The Morgan fingerprint density at radius 1 is 1.39 bits per heavy atom. The molecule has 0 fully saturated rings. The average Bonchev–Trinajstić information content (AvgIpc) is 2.43. The van der Waals surface area contributed by atoms with E-state index in [1.165, 1.54) is 7.11 Å². The van der Waals surface area contributed by atoms with E-state index in [4.69, 9.17) is 15.2 Å². The van der Waals surface area contributed by atoms with Crippen LogP contribution in [0.15, 0.2) is 18.2 Å². The molecule has 0 aliphatic carbocycles. The second kappa shape index (κ2) is 5.73. The van der Waals surface area contributed by atoms with Crippen LogP contribution in [0, 0.1) is 0 Å². The van der Waals surface area contributed by atoms with E-state index in [2.05, 4.69) is 4.74 Å². The second-order valence-electron chi connectivity index (χ2n) is 4.12. The van der Waals surface area contributed by atoms with Gasteiger partial charge in [0.1, 0.15) is 13.2 Å². The van der Waals surface area contributed by atoms with E-state index in [1.807, 2.05) is 18.2 Å². The topological polar surface area (TPSA) is 70.8 Å². The van der Waals surface area contributed by atoms with E-state index in [0.29, 0.717) is 31.8 Å². The second-order valence-corrected chi connectivity index (χ2v) is 4.12. The number of nitrogens with two attached hydrogens (primary N) is 1. The van der Waals surface area contributed by atoms with Crippen LogP contribution in [0.25, 0.3) is 0 Å². The van der Waals surface area contributed by atoms with Crippen LogP contribution in [-0.2, 0) is 9.53 Å². The summed E-state index contributed by atoms with van der Waals surface area (Å²) >= 11 is 0. The molecular weight excluding hydrogens is 234 g/mol. The SMILES string of the molecule is COC(=O)CCC(N)c1ccc2c(c1)OCCO2. The van der Waals surface area contributed by atoms with Gasteiger partial charge in [-0.15, -0.1) is 0 Å². The van der Waals surface area contributed by atoms with Gasteiger partial charge < -0.3 is 19.9 Å². The number of hydrogen-bond acceptors (Lipinski definition) is 5. The monoisotopic (exact) mass is 251 g/mol. The van der Waals surface area contributed by atoms with Crippen LogP contribution in [0.5, 0.6) is 11.5 Å².